The number of benzene rings is 1. The summed E-state index contributed by atoms with van der Waals surface area (Å²) in [5.74, 6) is -0.000694. The molecule has 4 nitrogen and oxygen atoms in total. The second-order valence-electron chi connectivity index (χ2n) is 6.86. The molecule has 24 heavy (non-hydrogen) atoms. The van der Waals surface area contributed by atoms with E-state index in [1.165, 1.54) is 37.8 Å². The molecule has 2 rings (SSSR count). The Balaban J connectivity index is 1.93. The van der Waals surface area contributed by atoms with E-state index in [-0.39, 0.29) is 17.4 Å². The highest BCUT2D eigenvalue weighted by Crippen LogP contribution is 2.31. The number of amides is 1. The summed E-state index contributed by atoms with van der Waals surface area (Å²) in [6, 6.07) is 3.03. The van der Waals surface area contributed by atoms with Gasteiger partial charge in [0.1, 0.15) is 11.5 Å². The Labute approximate surface area is 145 Å². The van der Waals surface area contributed by atoms with Gasteiger partial charge in [-0.15, -0.1) is 0 Å². The number of carbonyl (C=O) groups excluding carboxylic acids is 1. The van der Waals surface area contributed by atoms with Gasteiger partial charge in [-0.3, -0.25) is 4.79 Å². The van der Waals surface area contributed by atoms with Crippen molar-refractivity contribution in [2.45, 2.75) is 71.1 Å². The van der Waals surface area contributed by atoms with E-state index in [0.29, 0.717) is 17.5 Å². The molecule has 0 saturated carbocycles. The summed E-state index contributed by atoms with van der Waals surface area (Å²) in [7, 11) is 0. The van der Waals surface area contributed by atoms with Crippen LogP contribution in [0.5, 0.6) is 11.5 Å². The summed E-state index contributed by atoms with van der Waals surface area (Å²) in [6.07, 6.45) is 10.9. The molecule has 1 aromatic rings. The zero-order valence-corrected chi connectivity index (χ0v) is 14.9. The smallest absolute Gasteiger partial charge is 0.254 e. The lowest BCUT2D eigenvalue weighted by molar-refractivity contribution is 0.0723. The lowest BCUT2D eigenvalue weighted by Gasteiger charge is -2.27. The SMILES string of the molecule is CCCCCCCCc1c(O)cc(C(=O)N2CCCCC2)cc1O. The molecule has 0 unspecified atom stereocenters. The van der Waals surface area contributed by atoms with E-state index in [9.17, 15) is 15.0 Å². The van der Waals surface area contributed by atoms with Gasteiger partial charge in [0.05, 0.1) is 0 Å². The molecule has 0 radical (unpaired) electrons. The van der Waals surface area contributed by atoms with E-state index in [4.69, 9.17) is 0 Å². The third-order valence-corrected chi connectivity index (χ3v) is 4.87. The van der Waals surface area contributed by atoms with Gasteiger partial charge in [-0.1, -0.05) is 39.0 Å². The molecule has 2 N–H and O–H groups in total. The first-order valence-corrected chi connectivity index (χ1v) is 9.47. The van der Waals surface area contributed by atoms with Crippen LogP contribution >= 0.6 is 0 Å². The highest BCUT2D eigenvalue weighted by atomic mass is 16.3. The molecule has 1 aliphatic rings. The maximum absolute atomic E-state index is 12.5. The zero-order valence-electron chi connectivity index (χ0n) is 14.9. The van der Waals surface area contributed by atoms with Gasteiger partial charge >= 0.3 is 0 Å². The van der Waals surface area contributed by atoms with Crippen LogP contribution in [-0.4, -0.2) is 34.1 Å². The molecule has 1 fully saturated rings. The Hall–Kier alpha value is -1.71. The molecule has 1 aliphatic heterocycles. The predicted molar refractivity (Wildman–Crippen MR) is 96.6 cm³/mol. The highest BCUT2D eigenvalue weighted by Gasteiger charge is 2.20. The lowest BCUT2D eigenvalue weighted by Crippen LogP contribution is -2.35. The number of piperidine rings is 1. The van der Waals surface area contributed by atoms with Crippen LogP contribution in [-0.2, 0) is 6.42 Å². The van der Waals surface area contributed by atoms with Crippen LogP contribution < -0.4 is 0 Å². The van der Waals surface area contributed by atoms with Crippen LogP contribution in [0.2, 0.25) is 0 Å². The van der Waals surface area contributed by atoms with E-state index >= 15 is 0 Å². The van der Waals surface area contributed by atoms with Crippen LogP contribution in [0.15, 0.2) is 12.1 Å². The Morgan fingerprint density at radius 3 is 2.17 bits per heavy atom. The first-order valence-electron chi connectivity index (χ1n) is 9.47. The van der Waals surface area contributed by atoms with E-state index in [2.05, 4.69) is 6.92 Å². The maximum Gasteiger partial charge on any atom is 0.254 e. The van der Waals surface area contributed by atoms with E-state index in [1.807, 2.05) is 4.90 Å². The highest BCUT2D eigenvalue weighted by molar-refractivity contribution is 5.95. The first kappa shape index (κ1) is 18.6. The minimum atomic E-state index is -0.0913. The number of hydrogen-bond donors (Lipinski definition) is 2. The van der Waals surface area contributed by atoms with Crippen molar-refractivity contribution in [1.82, 2.24) is 4.90 Å². The largest absolute Gasteiger partial charge is 0.508 e. The number of nitrogens with zero attached hydrogens (tertiary/aromatic N) is 1. The lowest BCUT2D eigenvalue weighted by atomic mass is 10.0. The van der Waals surface area contributed by atoms with Crippen LogP contribution in [0.1, 0.15) is 80.6 Å². The van der Waals surface area contributed by atoms with Crippen molar-refractivity contribution < 1.29 is 15.0 Å². The number of carbonyl (C=O) groups is 1. The number of hydrogen-bond acceptors (Lipinski definition) is 3. The number of likely N-dealkylation sites (tertiary alicyclic amines) is 1. The van der Waals surface area contributed by atoms with Crippen LogP contribution in [0.25, 0.3) is 0 Å². The van der Waals surface area contributed by atoms with Crippen molar-refractivity contribution >= 4 is 5.91 Å². The second kappa shape index (κ2) is 9.55. The summed E-state index contributed by atoms with van der Waals surface area (Å²) in [4.78, 5) is 14.3. The monoisotopic (exact) mass is 333 g/mol. The number of phenols is 2. The average Bonchev–Trinajstić information content (AvgIpc) is 2.59. The van der Waals surface area contributed by atoms with Gasteiger partial charge in [0.15, 0.2) is 0 Å². The van der Waals surface area contributed by atoms with Gasteiger partial charge in [-0.05, 0) is 44.2 Å². The van der Waals surface area contributed by atoms with Crippen molar-refractivity contribution in [3.05, 3.63) is 23.3 Å². The number of aromatic hydroxyl groups is 2. The minimum absolute atomic E-state index is 0.0453. The first-order chi connectivity index (χ1) is 11.6. The van der Waals surface area contributed by atoms with Gasteiger partial charge in [-0.25, -0.2) is 0 Å². The average molecular weight is 333 g/mol. The fourth-order valence-electron chi connectivity index (χ4n) is 3.38. The predicted octanol–water partition coefficient (Wildman–Crippen LogP) is 4.63. The maximum atomic E-state index is 12.5. The summed E-state index contributed by atoms with van der Waals surface area (Å²) in [5.41, 5.74) is 0.958. The number of unbranched alkanes of at least 4 members (excludes halogenated alkanes) is 5. The van der Waals surface area contributed by atoms with Gasteiger partial charge in [0.25, 0.3) is 5.91 Å². The molecule has 0 atom stereocenters. The van der Waals surface area contributed by atoms with Crippen molar-refractivity contribution in [1.29, 1.82) is 0 Å². The summed E-state index contributed by atoms with van der Waals surface area (Å²) < 4.78 is 0. The van der Waals surface area contributed by atoms with E-state index < -0.39 is 0 Å². The molecule has 0 spiro atoms. The molecule has 0 bridgehead atoms. The van der Waals surface area contributed by atoms with Crippen LogP contribution in [0, 0.1) is 0 Å². The quantitative estimate of drug-likeness (QED) is 0.682. The Kier molecular flexibility index (Phi) is 7.41. The number of phenolic OH excluding ortho intramolecular Hbond substituents is 2. The molecule has 1 aromatic carbocycles. The minimum Gasteiger partial charge on any atom is -0.508 e. The van der Waals surface area contributed by atoms with Gasteiger partial charge < -0.3 is 15.1 Å². The van der Waals surface area contributed by atoms with E-state index in [0.717, 1.165) is 45.2 Å². The van der Waals surface area contributed by atoms with Crippen LogP contribution in [0.3, 0.4) is 0 Å². The Morgan fingerprint density at radius 2 is 1.54 bits per heavy atom. The normalized spacial score (nSPS) is 14.8. The van der Waals surface area contributed by atoms with Crippen molar-refractivity contribution in [3.8, 4) is 11.5 Å². The third kappa shape index (κ3) is 5.15. The topological polar surface area (TPSA) is 60.8 Å². The van der Waals surface area contributed by atoms with Crippen molar-refractivity contribution in [2.75, 3.05) is 13.1 Å². The molecule has 0 aliphatic carbocycles. The molecular weight excluding hydrogens is 302 g/mol. The molecule has 134 valence electrons. The van der Waals surface area contributed by atoms with Crippen molar-refractivity contribution in [2.24, 2.45) is 0 Å². The van der Waals surface area contributed by atoms with E-state index in [1.54, 1.807) is 0 Å². The molecule has 1 heterocycles. The summed E-state index contributed by atoms with van der Waals surface area (Å²) >= 11 is 0. The van der Waals surface area contributed by atoms with Gasteiger partial charge in [0, 0.05) is 24.2 Å². The van der Waals surface area contributed by atoms with Crippen LogP contribution in [0.4, 0.5) is 0 Å². The molecule has 1 saturated heterocycles. The molecule has 1 amide bonds. The fraction of sp³-hybridized carbons (Fsp3) is 0.650. The Bertz CT molecular complexity index is 513. The summed E-state index contributed by atoms with van der Waals surface area (Å²) in [6.45, 7) is 3.72. The second-order valence-corrected chi connectivity index (χ2v) is 6.86. The fourth-order valence-corrected chi connectivity index (χ4v) is 3.38. The van der Waals surface area contributed by atoms with Crippen molar-refractivity contribution in [3.63, 3.8) is 0 Å². The zero-order chi connectivity index (χ0) is 17.4. The standard InChI is InChI=1S/C20H31NO3/c1-2-3-4-5-6-8-11-17-18(22)14-16(15-19(17)23)20(24)21-12-9-7-10-13-21/h14-15,22-23H,2-13H2,1H3. The summed E-state index contributed by atoms with van der Waals surface area (Å²) in [5, 5.41) is 20.5. The van der Waals surface area contributed by atoms with Gasteiger partial charge in [0.2, 0.25) is 0 Å². The third-order valence-electron chi connectivity index (χ3n) is 4.87. The molecule has 0 aromatic heterocycles. The number of rotatable bonds is 8. The van der Waals surface area contributed by atoms with Gasteiger partial charge in [-0.2, -0.15) is 0 Å². The molecular formula is C20H31NO3. The molecule has 4 heteroatoms. The Morgan fingerprint density at radius 1 is 0.958 bits per heavy atom.